The fourth-order valence-corrected chi connectivity index (χ4v) is 2.66. The molecule has 1 aromatic carbocycles. The molecule has 1 atom stereocenters. The number of carbonyl (C=O) groups is 1. The SMILES string of the molecule is COc1ccc(C2(C)CCC(=O)O2)cc1OC1CCC1. The van der Waals surface area contributed by atoms with Crippen LogP contribution in [0.2, 0.25) is 0 Å². The molecule has 2 fully saturated rings. The lowest BCUT2D eigenvalue weighted by Crippen LogP contribution is -2.25. The van der Waals surface area contributed by atoms with E-state index >= 15 is 0 Å². The summed E-state index contributed by atoms with van der Waals surface area (Å²) in [6.45, 7) is 1.95. The summed E-state index contributed by atoms with van der Waals surface area (Å²) in [4.78, 5) is 11.4. The van der Waals surface area contributed by atoms with Gasteiger partial charge in [-0.05, 0) is 43.9 Å². The van der Waals surface area contributed by atoms with E-state index in [1.165, 1.54) is 6.42 Å². The molecule has 1 saturated heterocycles. The van der Waals surface area contributed by atoms with E-state index in [4.69, 9.17) is 14.2 Å². The van der Waals surface area contributed by atoms with E-state index in [2.05, 4.69) is 0 Å². The molecule has 4 heteroatoms. The average molecular weight is 276 g/mol. The van der Waals surface area contributed by atoms with Gasteiger partial charge in [0.15, 0.2) is 11.5 Å². The number of hydrogen-bond acceptors (Lipinski definition) is 4. The van der Waals surface area contributed by atoms with Crippen molar-refractivity contribution < 1.29 is 19.0 Å². The fraction of sp³-hybridized carbons (Fsp3) is 0.562. The number of esters is 1. The third kappa shape index (κ3) is 2.35. The predicted molar refractivity (Wildman–Crippen MR) is 73.9 cm³/mol. The van der Waals surface area contributed by atoms with E-state index < -0.39 is 5.60 Å². The Balaban J connectivity index is 1.88. The van der Waals surface area contributed by atoms with Gasteiger partial charge in [-0.15, -0.1) is 0 Å². The standard InChI is InChI=1S/C16H20O4/c1-16(9-8-15(17)20-16)11-6-7-13(18-2)14(10-11)19-12-4-3-5-12/h6-7,10,12H,3-5,8-9H2,1-2H3. The highest BCUT2D eigenvalue weighted by Crippen LogP contribution is 2.41. The van der Waals surface area contributed by atoms with Crippen molar-refractivity contribution in [2.75, 3.05) is 7.11 Å². The number of methoxy groups -OCH3 is 1. The molecule has 0 spiro atoms. The van der Waals surface area contributed by atoms with E-state index in [1.54, 1.807) is 7.11 Å². The Bertz CT molecular complexity index is 521. The first kappa shape index (κ1) is 13.3. The van der Waals surface area contributed by atoms with E-state index in [1.807, 2.05) is 25.1 Å². The zero-order valence-corrected chi connectivity index (χ0v) is 12.0. The number of carbonyl (C=O) groups excluding carboxylic acids is 1. The molecule has 108 valence electrons. The lowest BCUT2D eigenvalue weighted by Gasteiger charge is -2.29. The predicted octanol–water partition coefficient (Wildman–Crippen LogP) is 3.18. The summed E-state index contributed by atoms with van der Waals surface area (Å²) in [5.74, 6) is 1.34. The topological polar surface area (TPSA) is 44.8 Å². The Kier molecular flexibility index (Phi) is 3.32. The number of cyclic esters (lactones) is 1. The van der Waals surface area contributed by atoms with Gasteiger partial charge in [0, 0.05) is 12.8 Å². The van der Waals surface area contributed by atoms with Crippen LogP contribution in [-0.2, 0) is 15.1 Å². The minimum atomic E-state index is -0.541. The molecule has 2 aliphatic rings. The molecule has 3 rings (SSSR count). The Morgan fingerprint density at radius 3 is 2.65 bits per heavy atom. The molecule has 4 nitrogen and oxygen atoms in total. The molecule has 1 aliphatic carbocycles. The van der Waals surface area contributed by atoms with E-state index in [9.17, 15) is 4.79 Å². The molecule has 0 N–H and O–H groups in total. The van der Waals surface area contributed by atoms with Crippen LogP contribution in [0.3, 0.4) is 0 Å². The van der Waals surface area contributed by atoms with Crippen molar-refractivity contribution in [1.29, 1.82) is 0 Å². The summed E-state index contributed by atoms with van der Waals surface area (Å²) in [7, 11) is 1.64. The van der Waals surface area contributed by atoms with Crippen molar-refractivity contribution in [1.82, 2.24) is 0 Å². The van der Waals surface area contributed by atoms with Gasteiger partial charge in [-0.1, -0.05) is 6.07 Å². The number of benzene rings is 1. The second-order valence-electron chi connectivity index (χ2n) is 5.74. The smallest absolute Gasteiger partial charge is 0.306 e. The van der Waals surface area contributed by atoms with Gasteiger partial charge in [0.2, 0.25) is 0 Å². The fourth-order valence-electron chi connectivity index (χ4n) is 2.66. The van der Waals surface area contributed by atoms with Crippen LogP contribution in [0.5, 0.6) is 11.5 Å². The maximum absolute atomic E-state index is 11.4. The molecule has 1 saturated carbocycles. The van der Waals surface area contributed by atoms with Crippen LogP contribution in [0.25, 0.3) is 0 Å². The molecule has 1 unspecified atom stereocenters. The van der Waals surface area contributed by atoms with Gasteiger partial charge in [0.1, 0.15) is 5.60 Å². The van der Waals surface area contributed by atoms with Crippen LogP contribution in [0.1, 0.15) is 44.6 Å². The lowest BCUT2D eigenvalue weighted by molar-refractivity contribution is -0.147. The highest BCUT2D eigenvalue weighted by atomic mass is 16.6. The van der Waals surface area contributed by atoms with Gasteiger partial charge in [-0.25, -0.2) is 0 Å². The number of ether oxygens (including phenoxy) is 3. The lowest BCUT2D eigenvalue weighted by atomic mass is 9.92. The molecular weight excluding hydrogens is 256 g/mol. The second-order valence-corrected chi connectivity index (χ2v) is 5.74. The summed E-state index contributed by atoms with van der Waals surface area (Å²) in [5, 5.41) is 0. The molecule has 0 bridgehead atoms. The van der Waals surface area contributed by atoms with Crippen LogP contribution in [0.15, 0.2) is 18.2 Å². The van der Waals surface area contributed by atoms with Crippen LogP contribution >= 0.6 is 0 Å². The molecule has 20 heavy (non-hydrogen) atoms. The van der Waals surface area contributed by atoms with Crippen molar-refractivity contribution in [3.8, 4) is 11.5 Å². The molecule has 1 aromatic rings. The van der Waals surface area contributed by atoms with Crippen LogP contribution in [0.4, 0.5) is 0 Å². The summed E-state index contributed by atoms with van der Waals surface area (Å²) < 4.78 is 16.8. The van der Waals surface area contributed by atoms with E-state index in [0.717, 1.165) is 29.9 Å². The minimum absolute atomic E-state index is 0.134. The Hall–Kier alpha value is -1.71. The molecule has 0 radical (unpaired) electrons. The van der Waals surface area contributed by atoms with Crippen LogP contribution in [-0.4, -0.2) is 19.2 Å². The summed E-state index contributed by atoms with van der Waals surface area (Å²) >= 11 is 0. The van der Waals surface area contributed by atoms with Gasteiger partial charge < -0.3 is 14.2 Å². The van der Waals surface area contributed by atoms with E-state index in [-0.39, 0.29) is 12.1 Å². The highest BCUT2D eigenvalue weighted by molar-refractivity contribution is 5.72. The molecule has 1 aliphatic heterocycles. The van der Waals surface area contributed by atoms with Gasteiger partial charge in [0.25, 0.3) is 0 Å². The summed E-state index contributed by atoms with van der Waals surface area (Å²) in [5.41, 5.74) is 0.430. The average Bonchev–Trinajstić information content (AvgIpc) is 2.75. The monoisotopic (exact) mass is 276 g/mol. The minimum Gasteiger partial charge on any atom is -0.493 e. The third-order valence-electron chi connectivity index (χ3n) is 4.27. The molecule has 0 aromatic heterocycles. The maximum atomic E-state index is 11.4. The van der Waals surface area contributed by atoms with E-state index in [0.29, 0.717) is 12.8 Å². The van der Waals surface area contributed by atoms with Gasteiger partial charge >= 0.3 is 5.97 Å². The van der Waals surface area contributed by atoms with Crippen LogP contribution < -0.4 is 9.47 Å². The first-order chi connectivity index (χ1) is 9.60. The second kappa shape index (κ2) is 5.00. The first-order valence-electron chi connectivity index (χ1n) is 7.18. The quantitative estimate of drug-likeness (QED) is 0.792. The van der Waals surface area contributed by atoms with Crippen molar-refractivity contribution in [2.45, 2.75) is 50.7 Å². The Morgan fingerprint density at radius 1 is 1.30 bits per heavy atom. The van der Waals surface area contributed by atoms with Crippen molar-refractivity contribution in [2.24, 2.45) is 0 Å². The largest absolute Gasteiger partial charge is 0.493 e. The normalized spacial score (nSPS) is 26.0. The summed E-state index contributed by atoms with van der Waals surface area (Å²) in [6.07, 6.45) is 4.89. The first-order valence-corrected chi connectivity index (χ1v) is 7.18. The molecule has 0 amide bonds. The third-order valence-corrected chi connectivity index (χ3v) is 4.27. The Morgan fingerprint density at radius 2 is 2.10 bits per heavy atom. The van der Waals surface area contributed by atoms with Gasteiger partial charge in [-0.2, -0.15) is 0 Å². The maximum Gasteiger partial charge on any atom is 0.306 e. The summed E-state index contributed by atoms with van der Waals surface area (Å²) in [6, 6.07) is 5.79. The molecular formula is C16H20O4. The van der Waals surface area contributed by atoms with Gasteiger partial charge in [-0.3, -0.25) is 4.79 Å². The number of rotatable bonds is 4. The zero-order chi connectivity index (χ0) is 14.2. The van der Waals surface area contributed by atoms with Crippen molar-refractivity contribution in [3.63, 3.8) is 0 Å². The zero-order valence-electron chi connectivity index (χ0n) is 12.0. The van der Waals surface area contributed by atoms with Crippen LogP contribution in [0, 0.1) is 0 Å². The Labute approximate surface area is 119 Å². The van der Waals surface area contributed by atoms with Crippen molar-refractivity contribution >= 4 is 5.97 Å². The number of hydrogen-bond donors (Lipinski definition) is 0. The van der Waals surface area contributed by atoms with Gasteiger partial charge in [0.05, 0.1) is 13.2 Å². The van der Waals surface area contributed by atoms with Crippen molar-refractivity contribution in [3.05, 3.63) is 23.8 Å². The molecule has 1 heterocycles. The highest BCUT2D eigenvalue weighted by Gasteiger charge is 2.38.